The normalized spacial score (nSPS) is 21.4. The maximum Gasteiger partial charge on any atom is 0.217 e. The van der Waals surface area contributed by atoms with Crippen LogP contribution in [-0.4, -0.2) is 30.8 Å². The highest BCUT2D eigenvalue weighted by Crippen LogP contribution is 2.17. The second kappa shape index (κ2) is 5.98. The molecule has 0 radical (unpaired) electrons. The number of hydrogen-bond donors (Lipinski definition) is 1. The van der Waals surface area contributed by atoms with Gasteiger partial charge in [-0.15, -0.1) is 0 Å². The Morgan fingerprint density at radius 2 is 2.53 bits per heavy atom. The van der Waals surface area contributed by atoms with Gasteiger partial charge in [0.2, 0.25) is 5.88 Å². The van der Waals surface area contributed by atoms with Crippen molar-refractivity contribution in [2.75, 3.05) is 13.7 Å². The Morgan fingerprint density at radius 1 is 1.65 bits per heavy atom. The van der Waals surface area contributed by atoms with E-state index in [1.54, 1.807) is 13.3 Å². The number of hydrogen-bond acceptors (Lipinski definition) is 4. The van der Waals surface area contributed by atoms with Crippen molar-refractivity contribution in [3.8, 4) is 5.88 Å². The van der Waals surface area contributed by atoms with Crippen molar-refractivity contribution in [2.45, 2.75) is 38.5 Å². The van der Waals surface area contributed by atoms with Crippen LogP contribution in [0, 0.1) is 0 Å². The fraction of sp³-hybridized carbons (Fsp3) is 0.615. The molecule has 4 heteroatoms. The summed E-state index contributed by atoms with van der Waals surface area (Å²) < 4.78 is 10.9. The molecule has 0 spiro atoms. The van der Waals surface area contributed by atoms with E-state index >= 15 is 0 Å². The summed E-state index contributed by atoms with van der Waals surface area (Å²) in [4.78, 5) is 4.18. The molecule has 0 saturated carbocycles. The Bertz CT molecular complexity index is 351. The van der Waals surface area contributed by atoms with Crippen LogP contribution in [0.4, 0.5) is 0 Å². The molecule has 2 rings (SSSR count). The number of rotatable bonds is 5. The van der Waals surface area contributed by atoms with E-state index in [1.165, 1.54) is 6.42 Å². The lowest BCUT2D eigenvalue weighted by molar-refractivity contribution is 0.0831. The lowest BCUT2D eigenvalue weighted by Crippen LogP contribution is -2.36. The van der Waals surface area contributed by atoms with Crippen LogP contribution < -0.4 is 10.1 Å². The molecule has 1 aromatic rings. The molecule has 0 aromatic carbocycles. The van der Waals surface area contributed by atoms with Gasteiger partial charge in [-0.3, -0.25) is 0 Å². The van der Waals surface area contributed by atoms with Gasteiger partial charge in [0.25, 0.3) is 0 Å². The topological polar surface area (TPSA) is 43.4 Å². The fourth-order valence-electron chi connectivity index (χ4n) is 2.14. The van der Waals surface area contributed by atoms with Gasteiger partial charge in [0.05, 0.1) is 13.2 Å². The minimum absolute atomic E-state index is 0.345. The van der Waals surface area contributed by atoms with Crippen LogP contribution in [0.2, 0.25) is 0 Å². The Kier molecular flexibility index (Phi) is 4.34. The summed E-state index contributed by atoms with van der Waals surface area (Å²) in [7, 11) is 1.65. The fourth-order valence-corrected chi connectivity index (χ4v) is 2.14. The van der Waals surface area contributed by atoms with Gasteiger partial charge < -0.3 is 14.8 Å². The van der Waals surface area contributed by atoms with E-state index in [2.05, 4.69) is 17.2 Å². The zero-order valence-electron chi connectivity index (χ0n) is 10.5. The third-order valence-corrected chi connectivity index (χ3v) is 3.18. The monoisotopic (exact) mass is 236 g/mol. The molecule has 1 aliphatic heterocycles. The summed E-state index contributed by atoms with van der Waals surface area (Å²) >= 11 is 0. The molecule has 4 nitrogen and oxygen atoms in total. The van der Waals surface area contributed by atoms with Crippen LogP contribution >= 0.6 is 0 Å². The number of nitrogens with one attached hydrogen (secondary N) is 1. The Morgan fingerprint density at radius 3 is 3.24 bits per heavy atom. The number of aromatic nitrogens is 1. The molecule has 17 heavy (non-hydrogen) atoms. The molecule has 0 bridgehead atoms. The lowest BCUT2D eigenvalue weighted by atomic mass is 10.1. The third-order valence-electron chi connectivity index (χ3n) is 3.18. The van der Waals surface area contributed by atoms with Crippen LogP contribution in [0.5, 0.6) is 5.88 Å². The Labute approximate surface area is 102 Å². The molecule has 1 fully saturated rings. The van der Waals surface area contributed by atoms with Crippen LogP contribution in [0.3, 0.4) is 0 Å². The molecule has 1 aromatic heterocycles. The number of pyridine rings is 1. The smallest absolute Gasteiger partial charge is 0.217 e. The highest BCUT2D eigenvalue weighted by atomic mass is 16.5. The molecular weight excluding hydrogens is 216 g/mol. The maximum absolute atomic E-state index is 5.65. The summed E-state index contributed by atoms with van der Waals surface area (Å²) in [6, 6.07) is 4.32. The number of ether oxygens (including phenoxy) is 2. The second-order valence-electron chi connectivity index (χ2n) is 4.39. The van der Waals surface area contributed by atoms with E-state index in [9.17, 15) is 0 Å². The van der Waals surface area contributed by atoms with Gasteiger partial charge in [-0.05, 0) is 25.8 Å². The molecule has 1 N–H and O–H groups in total. The van der Waals surface area contributed by atoms with E-state index in [4.69, 9.17) is 9.47 Å². The molecule has 1 saturated heterocycles. The lowest BCUT2D eigenvalue weighted by Gasteiger charge is -2.20. The van der Waals surface area contributed by atoms with E-state index in [0.717, 1.165) is 25.1 Å². The first-order chi connectivity index (χ1) is 8.31. The van der Waals surface area contributed by atoms with E-state index in [0.29, 0.717) is 18.0 Å². The van der Waals surface area contributed by atoms with Gasteiger partial charge >= 0.3 is 0 Å². The second-order valence-corrected chi connectivity index (χ2v) is 4.39. The maximum atomic E-state index is 5.65. The summed E-state index contributed by atoms with van der Waals surface area (Å²) in [6.45, 7) is 3.82. The summed E-state index contributed by atoms with van der Waals surface area (Å²) in [5, 5.41) is 3.47. The largest absolute Gasteiger partial charge is 0.481 e. The molecular formula is C13H20N2O2. The zero-order chi connectivity index (χ0) is 12.1. The van der Waals surface area contributed by atoms with Gasteiger partial charge in [0.15, 0.2) is 0 Å². The minimum atomic E-state index is 0.345. The molecule has 0 aliphatic carbocycles. The van der Waals surface area contributed by atoms with Crippen molar-refractivity contribution in [2.24, 2.45) is 0 Å². The first-order valence-electron chi connectivity index (χ1n) is 6.14. The first kappa shape index (κ1) is 12.3. The summed E-state index contributed by atoms with van der Waals surface area (Å²) in [5.74, 6) is 0.694. The quantitative estimate of drug-likeness (QED) is 0.846. The molecule has 1 aliphatic rings. The SMILES string of the molecule is COc1ncccc1CNC(C)C1CCCO1. The number of nitrogens with zero attached hydrogens (tertiary/aromatic N) is 1. The average Bonchev–Trinajstić information content (AvgIpc) is 2.90. The van der Waals surface area contributed by atoms with E-state index in [1.807, 2.05) is 12.1 Å². The van der Waals surface area contributed by atoms with Gasteiger partial charge in [0, 0.05) is 31.0 Å². The highest BCUT2D eigenvalue weighted by molar-refractivity contribution is 5.25. The molecule has 0 amide bonds. The minimum Gasteiger partial charge on any atom is -0.481 e. The average molecular weight is 236 g/mol. The zero-order valence-corrected chi connectivity index (χ0v) is 10.5. The summed E-state index contributed by atoms with van der Waals surface area (Å²) in [6.07, 6.45) is 4.41. The van der Waals surface area contributed by atoms with Gasteiger partial charge in [-0.25, -0.2) is 4.98 Å². The molecule has 2 unspecified atom stereocenters. The van der Waals surface area contributed by atoms with Crippen molar-refractivity contribution in [1.82, 2.24) is 10.3 Å². The molecule has 2 heterocycles. The first-order valence-corrected chi connectivity index (χ1v) is 6.14. The van der Waals surface area contributed by atoms with Crippen molar-refractivity contribution >= 4 is 0 Å². The van der Waals surface area contributed by atoms with Gasteiger partial charge in [0.1, 0.15) is 0 Å². The van der Waals surface area contributed by atoms with Crippen LogP contribution in [0.1, 0.15) is 25.3 Å². The summed E-state index contributed by atoms with van der Waals surface area (Å²) in [5.41, 5.74) is 1.08. The highest BCUT2D eigenvalue weighted by Gasteiger charge is 2.21. The van der Waals surface area contributed by atoms with Gasteiger partial charge in [-0.2, -0.15) is 0 Å². The standard InChI is InChI=1S/C13H20N2O2/c1-10(12-6-4-8-17-12)15-9-11-5-3-7-14-13(11)16-2/h3,5,7,10,12,15H,4,6,8-9H2,1-2H3. The van der Waals surface area contributed by atoms with Crippen LogP contribution in [0.15, 0.2) is 18.3 Å². The predicted molar refractivity (Wildman–Crippen MR) is 66.1 cm³/mol. The molecule has 94 valence electrons. The molecule has 2 atom stereocenters. The van der Waals surface area contributed by atoms with E-state index in [-0.39, 0.29) is 0 Å². The van der Waals surface area contributed by atoms with E-state index < -0.39 is 0 Å². The third kappa shape index (κ3) is 3.17. The van der Waals surface area contributed by atoms with Crippen molar-refractivity contribution in [3.05, 3.63) is 23.9 Å². The van der Waals surface area contributed by atoms with Crippen LogP contribution in [-0.2, 0) is 11.3 Å². The Balaban J connectivity index is 1.88. The predicted octanol–water partition coefficient (Wildman–Crippen LogP) is 1.75. The Hall–Kier alpha value is -1.13. The van der Waals surface area contributed by atoms with Crippen molar-refractivity contribution in [1.29, 1.82) is 0 Å². The van der Waals surface area contributed by atoms with Crippen molar-refractivity contribution in [3.63, 3.8) is 0 Å². The van der Waals surface area contributed by atoms with Crippen molar-refractivity contribution < 1.29 is 9.47 Å². The number of methoxy groups -OCH3 is 1. The van der Waals surface area contributed by atoms with Crippen LogP contribution in [0.25, 0.3) is 0 Å². The van der Waals surface area contributed by atoms with Gasteiger partial charge in [-0.1, -0.05) is 6.07 Å².